The average Bonchev–Trinajstić information content (AvgIpc) is 2.67. The smallest absolute Gasteiger partial charge is 0.351 e. The molecule has 2 heterocycles. The van der Waals surface area contributed by atoms with Gasteiger partial charge in [0.05, 0.1) is 20.5 Å². The number of hydrogen-bond acceptors (Lipinski definition) is 9. The Labute approximate surface area is 113 Å². The summed E-state index contributed by atoms with van der Waals surface area (Å²) >= 11 is 0. The predicted octanol–water partition coefficient (Wildman–Crippen LogP) is -2.68. The molecule has 0 saturated carbocycles. The number of aliphatic hydroxyl groups excluding tert-OH is 1. The highest BCUT2D eigenvalue weighted by Crippen LogP contribution is 2.31. The van der Waals surface area contributed by atoms with Gasteiger partial charge < -0.3 is 34.5 Å². The van der Waals surface area contributed by atoms with Gasteiger partial charge in [-0.2, -0.15) is 4.98 Å². The predicted molar refractivity (Wildman–Crippen MR) is 61.0 cm³/mol. The summed E-state index contributed by atoms with van der Waals surface area (Å²) in [6.07, 6.45) is -1.56. The number of aliphatic hydroxyl groups is 1. The molecule has 3 N–H and O–H groups in total. The van der Waals surface area contributed by atoms with Gasteiger partial charge in [-0.05, 0) is 6.07 Å². The summed E-state index contributed by atoms with van der Waals surface area (Å²) in [5.41, 5.74) is 4.68. The van der Waals surface area contributed by atoms with Crippen molar-refractivity contribution in [2.24, 2.45) is 0 Å². The summed E-state index contributed by atoms with van der Waals surface area (Å²) in [4.78, 5) is 35.8. The molecule has 1 aromatic rings. The summed E-state index contributed by atoms with van der Waals surface area (Å²) in [6.45, 7) is -0.612. The van der Waals surface area contributed by atoms with Gasteiger partial charge in [0.15, 0.2) is 0 Å². The number of nitrogens with two attached hydrogens (primary N) is 1. The summed E-state index contributed by atoms with van der Waals surface area (Å²) in [5.74, 6) is 0.0447. The van der Waals surface area contributed by atoms with Crippen molar-refractivity contribution in [3.63, 3.8) is 0 Å². The van der Waals surface area contributed by atoms with Crippen LogP contribution in [0.3, 0.4) is 0 Å². The van der Waals surface area contributed by atoms with E-state index in [4.69, 9.17) is 10.5 Å². The molecule has 0 aromatic carbocycles. The number of nitrogens with zero attached hydrogens (tertiary/aromatic N) is 2. The Hall–Kier alpha value is -1.29. The zero-order chi connectivity index (χ0) is 14.9. The molecule has 3 atom stereocenters. The first-order chi connectivity index (χ1) is 9.26. The number of phosphoric ester groups is 1. The van der Waals surface area contributed by atoms with Crippen molar-refractivity contribution >= 4 is 13.6 Å². The van der Waals surface area contributed by atoms with E-state index in [9.17, 15) is 24.3 Å². The first-order valence-corrected chi connectivity index (χ1v) is 7.07. The van der Waals surface area contributed by atoms with Crippen LogP contribution in [0.2, 0.25) is 0 Å². The molecule has 0 unspecified atom stereocenters. The first-order valence-electron chi connectivity index (χ1n) is 5.61. The van der Waals surface area contributed by atoms with E-state index < -0.39 is 38.6 Å². The maximum Gasteiger partial charge on any atom is 0.351 e. The Morgan fingerprint density at radius 3 is 2.95 bits per heavy atom. The number of hydrogen-bond donors (Lipinski definition) is 2. The molecule has 1 aliphatic rings. The van der Waals surface area contributed by atoms with Gasteiger partial charge in [-0.15, -0.1) is 0 Å². The quantitative estimate of drug-likeness (QED) is 0.564. The summed E-state index contributed by atoms with van der Waals surface area (Å²) < 4.78 is 20.8. The van der Waals surface area contributed by atoms with Gasteiger partial charge in [0.1, 0.15) is 18.1 Å². The second-order valence-corrected chi connectivity index (χ2v) is 5.37. The Kier molecular flexibility index (Phi) is 4.23. The SMILES string of the molecule is Nc1ccn([C@@H]2C[C@H](O)[C@H](COP(=O)([O-])[O-])O2)c(=O)n1. The largest absolute Gasteiger partial charge is 0.790 e. The third kappa shape index (κ3) is 3.63. The Bertz CT molecular complexity index is 585. The fourth-order valence-corrected chi connectivity index (χ4v) is 2.18. The number of ether oxygens (including phenoxy) is 1. The fraction of sp³-hybridized carbons (Fsp3) is 0.556. The summed E-state index contributed by atoms with van der Waals surface area (Å²) in [5, 5.41) is 9.70. The third-order valence-corrected chi connectivity index (χ3v) is 3.23. The summed E-state index contributed by atoms with van der Waals surface area (Å²) in [7, 11) is -5.14. The highest BCUT2D eigenvalue weighted by molar-refractivity contribution is 7.43. The molecule has 0 amide bonds. The van der Waals surface area contributed by atoms with Crippen molar-refractivity contribution in [3.8, 4) is 0 Å². The topological polar surface area (TPSA) is 163 Å². The number of anilines is 1. The lowest BCUT2D eigenvalue weighted by atomic mass is 10.2. The van der Waals surface area contributed by atoms with E-state index >= 15 is 0 Å². The van der Waals surface area contributed by atoms with Gasteiger partial charge in [0.25, 0.3) is 0 Å². The molecule has 112 valence electrons. The van der Waals surface area contributed by atoms with Crippen molar-refractivity contribution in [3.05, 3.63) is 22.7 Å². The lowest BCUT2D eigenvalue weighted by Gasteiger charge is -2.30. The molecular formula is C9H12N3O7P-2. The van der Waals surface area contributed by atoms with E-state index in [2.05, 4.69) is 9.51 Å². The van der Waals surface area contributed by atoms with E-state index in [1.165, 1.54) is 12.3 Å². The van der Waals surface area contributed by atoms with Gasteiger partial charge in [0, 0.05) is 12.6 Å². The first kappa shape index (κ1) is 15.1. The van der Waals surface area contributed by atoms with Crippen LogP contribution in [0.4, 0.5) is 5.82 Å². The molecule has 0 aliphatic carbocycles. The molecule has 2 rings (SSSR count). The monoisotopic (exact) mass is 305 g/mol. The number of aromatic nitrogens is 2. The molecular weight excluding hydrogens is 293 g/mol. The molecule has 0 spiro atoms. The lowest BCUT2D eigenvalue weighted by Crippen LogP contribution is -2.29. The molecule has 1 aromatic heterocycles. The second-order valence-electron chi connectivity index (χ2n) is 4.22. The third-order valence-electron chi connectivity index (χ3n) is 2.76. The van der Waals surface area contributed by atoms with Crippen LogP contribution < -0.4 is 21.2 Å². The Morgan fingerprint density at radius 1 is 1.65 bits per heavy atom. The van der Waals surface area contributed by atoms with Crippen molar-refractivity contribution in [1.29, 1.82) is 0 Å². The van der Waals surface area contributed by atoms with E-state index in [0.29, 0.717) is 0 Å². The van der Waals surface area contributed by atoms with Crippen LogP contribution in [0.5, 0.6) is 0 Å². The Morgan fingerprint density at radius 2 is 2.35 bits per heavy atom. The molecule has 20 heavy (non-hydrogen) atoms. The van der Waals surface area contributed by atoms with Crippen LogP contribution in [0.15, 0.2) is 17.1 Å². The molecule has 0 radical (unpaired) electrons. The second kappa shape index (κ2) is 5.60. The average molecular weight is 305 g/mol. The number of nitrogen functional groups attached to an aromatic ring is 1. The molecule has 1 saturated heterocycles. The Balaban J connectivity index is 2.06. The van der Waals surface area contributed by atoms with Gasteiger partial charge in [-0.1, -0.05) is 0 Å². The minimum atomic E-state index is -5.14. The van der Waals surface area contributed by atoms with E-state index in [0.717, 1.165) is 4.57 Å². The zero-order valence-electron chi connectivity index (χ0n) is 10.1. The van der Waals surface area contributed by atoms with Crippen molar-refractivity contribution in [2.45, 2.75) is 24.9 Å². The van der Waals surface area contributed by atoms with E-state index in [-0.39, 0.29) is 12.2 Å². The van der Waals surface area contributed by atoms with Crippen LogP contribution in [0, 0.1) is 0 Å². The van der Waals surface area contributed by atoms with Crippen molar-refractivity contribution < 1.29 is 28.7 Å². The minimum Gasteiger partial charge on any atom is -0.790 e. The van der Waals surface area contributed by atoms with Crippen LogP contribution >= 0.6 is 7.82 Å². The van der Waals surface area contributed by atoms with Crippen LogP contribution in [-0.2, 0) is 13.8 Å². The van der Waals surface area contributed by atoms with Crippen molar-refractivity contribution in [2.75, 3.05) is 12.3 Å². The maximum absolute atomic E-state index is 11.6. The highest BCUT2D eigenvalue weighted by atomic mass is 31.2. The van der Waals surface area contributed by atoms with Gasteiger partial charge >= 0.3 is 5.69 Å². The van der Waals surface area contributed by atoms with Crippen molar-refractivity contribution in [1.82, 2.24) is 9.55 Å². The van der Waals surface area contributed by atoms with Gasteiger partial charge in [-0.25, -0.2) is 4.79 Å². The fourth-order valence-electron chi connectivity index (χ4n) is 1.85. The van der Waals surface area contributed by atoms with Gasteiger partial charge in [0.2, 0.25) is 0 Å². The number of rotatable bonds is 4. The normalized spacial score (nSPS) is 26.9. The number of phosphoric acid groups is 1. The molecule has 10 nitrogen and oxygen atoms in total. The van der Waals surface area contributed by atoms with Crippen LogP contribution in [0.1, 0.15) is 12.6 Å². The van der Waals surface area contributed by atoms with Crippen LogP contribution in [-0.4, -0.2) is 33.5 Å². The van der Waals surface area contributed by atoms with Crippen LogP contribution in [0.25, 0.3) is 0 Å². The standard InChI is InChI=1S/C9H14N3O7P/c10-7-1-2-12(9(14)11-7)8-3-5(13)6(19-8)4-18-20(15,16)17/h1-2,5-6,8,13H,3-4H2,(H2,10,11,14)(H2,15,16,17)/p-2/t5-,6-,8-/m0/s1. The molecule has 11 heteroatoms. The zero-order valence-corrected chi connectivity index (χ0v) is 11.0. The molecule has 0 bridgehead atoms. The maximum atomic E-state index is 11.6. The highest BCUT2D eigenvalue weighted by Gasteiger charge is 2.35. The van der Waals surface area contributed by atoms with E-state index in [1.54, 1.807) is 0 Å². The molecule has 1 fully saturated rings. The summed E-state index contributed by atoms with van der Waals surface area (Å²) in [6, 6.07) is 1.38. The van der Waals surface area contributed by atoms with E-state index in [1.807, 2.05) is 0 Å². The van der Waals surface area contributed by atoms with Gasteiger partial charge in [-0.3, -0.25) is 4.57 Å². The lowest BCUT2D eigenvalue weighted by molar-refractivity contribution is -0.343. The molecule has 1 aliphatic heterocycles. The minimum absolute atomic E-state index is 0.0293.